The van der Waals surface area contributed by atoms with Crippen molar-refractivity contribution in [3.63, 3.8) is 0 Å². The van der Waals surface area contributed by atoms with Crippen LogP contribution in [-0.4, -0.2) is 87.5 Å². The highest BCUT2D eigenvalue weighted by molar-refractivity contribution is 8.93. The number of thioether (sulfide) groups is 2. The number of fused-ring (bicyclic) bond motifs is 1. The summed E-state index contributed by atoms with van der Waals surface area (Å²) in [6, 6.07) is -0.273. The molecule has 0 bridgehead atoms. The van der Waals surface area contributed by atoms with Gasteiger partial charge in [-0.25, -0.2) is 4.79 Å². The number of nitrogens with zero attached hydrogens (tertiary/aromatic N) is 3. The van der Waals surface area contributed by atoms with Crippen molar-refractivity contribution in [2.24, 2.45) is 22.2 Å². The second-order valence-corrected chi connectivity index (χ2v) is 12.3. The Morgan fingerprint density at radius 1 is 1.29 bits per heavy atom. The second kappa shape index (κ2) is 10.4. The van der Waals surface area contributed by atoms with Gasteiger partial charge in [0.1, 0.15) is 5.70 Å². The van der Waals surface area contributed by atoms with Crippen molar-refractivity contribution in [1.82, 2.24) is 9.80 Å². The number of aliphatic hydroxyl groups excluding tert-OH is 1. The number of halogens is 1. The van der Waals surface area contributed by atoms with Crippen LogP contribution in [0.3, 0.4) is 0 Å². The molecule has 12 heteroatoms. The molecule has 34 heavy (non-hydrogen) atoms. The molecule has 0 aromatic carbocycles. The van der Waals surface area contributed by atoms with Gasteiger partial charge in [0.2, 0.25) is 12.7 Å². The molecule has 2 fully saturated rings. The van der Waals surface area contributed by atoms with Gasteiger partial charge < -0.3 is 24.4 Å². The first-order valence-electron chi connectivity index (χ1n) is 11.2. The molecule has 190 valence electrons. The standard InChI is InChI=1S/C22H31N3O6S2.BrH/c1-11-15-14(12(2)26)18(27)25(15)16(19(28)30-10-31-20(29)22(3,4)5)17(11)33-13-8-24(9-13)21-23-6-7-32-21;/h11-15,26H,6-10H2,1-5H3;1H/t11-,12-,14-,15-;/m1./s1. The van der Waals surface area contributed by atoms with E-state index in [4.69, 9.17) is 9.47 Å². The zero-order valence-corrected chi connectivity index (χ0v) is 23.3. The van der Waals surface area contributed by atoms with Gasteiger partial charge in [-0.15, -0.1) is 28.7 Å². The van der Waals surface area contributed by atoms with Gasteiger partial charge in [0.15, 0.2) is 5.17 Å². The summed E-state index contributed by atoms with van der Waals surface area (Å²) in [5.41, 5.74) is -0.493. The fourth-order valence-electron chi connectivity index (χ4n) is 4.45. The van der Waals surface area contributed by atoms with E-state index in [1.165, 1.54) is 4.90 Å². The van der Waals surface area contributed by atoms with Crippen LogP contribution in [0.5, 0.6) is 0 Å². The summed E-state index contributed by atoms with van der Waals surface area (Å²) in [5, 5.41) is 11.5. The Balaban J connectivity index is 0.00000324. The number of rotatable bonds is 6. The van der Waals surface area contributed by atoms with Crippen molar-refractivity contribution in [2.45, 2.75) is 52.0 Å². The molecule has 1 N–H and O–H groups in total. The van der Waals surface area contributed by atoms with Crippen molar-refractivity contribution in [3.8, 4) is 0 Å². The maximum Gasteiger partial charge on any atom is 0.358 e. The third-order valence-corrected chi connectivity index (χ3v) is 8.76. The molecule has 0 unspecified atom stereocenters. The molecule has 4 rings (SSSR count). The monoisotopic (exact) mass is 577 g/mol. The third kappa shape index (κ3) is 5.01. The number of aliphatic imine (C=N–C) groups is 1. The molecule has 4 aliphatic rings. The third-order valence-electron chi connectivity index (χ3n) is 6.28. The van der Waals surface area contributed by atoms with Crippen molar-refractivity contribution in [3.05, 3.63) is 10.6 Å². The van der Waals surface area contributed by atoms with Crippen LogP contribution in [0.4, 0.5) is 0 Å². The van der Waals surface area contributed by atoms with Gasteiger partial charge in [-0.2, -0.15) is 0 Å². The molecule has 4 aliphatic heterocycles. The Bertz CT molecular complexity index is 913. The molecule has 9 nitrogen and oxygen atoms in total. The smallest absolute Gasteiger partial charge is 0.358 e. The lowest BCUT2D eigenvalue weighted by Crippen LogP contribution is -2.63. The summed E-state index contributed by atoms with van der Waals surface area (Å²) in [5.74, 6) is -1.06. The lowest BCUT2D eigenvalue weighted by atomic mass is 9.79. The molecule has 4 heterocycles. The molecular formula is C22H32BrN3O6S2. The molecule has 1 amide bonds. The Labute approximate surface area is 218 Å². The number of carbonyl (C=O) groups is 3. The van der Waals surface area contributed by atoms with Crippen molar-refractivity contribution in [2.75, 3.05) is 32.2 Å². The summed E-state index contributed by atoms with van der Waals surface area (Å²) in [6.07, 6.45) is -0.799. The van der Waals surface area contributed by atoms with E-state index in [0.29, 0.717) is 0 Å². The summed E-state index contributed by atoms with van der Waals surface area (Å²) >= 11 is 3.36. The minimum Gasteiger partial charge on any atom is -0.427 e. The van der Waals surface area contributed by atoms with E-state index in [9.17, 15) is 19.5 Å². The first-order valence-corrected chi connectivity index (χ1v) is 13.1. The minimum absolute atomic E-state index is 0. The van der Waals surface area contributed by atoms with Gasteiger partial charge in [0, 0.05) is 34.9 Å². The van der Waals surface area contributed by atoms with Crippen molar-refractivity contribution in [1.29, 1.82) is 0 Å². The van der Waals surface area contributed by atoms with Crippen LogP contribution < -0.4 is 0 Å². The predicted molar refractivity (Wildman–Crippen MR) is 137 cm³/mol. The van der Waals surface area contributed by atoms with Crippen LogP contribution in [0, 0.1) is 17.3 Å². The van der Waals surface area contributed by atoms with Crippen LogP contribution in [0.1, 0.15) is 34.6 Å². The molecule has 0 aromatic rings. The zero-order chi connectivity index (χ0) is 24.1. The first-order chi connectivity index (χ1) is 15.5. The average molecular weight is 579 g/mol. The lowest BCUT2D eigenvalue weighted by Gasteiger charge is -2.46. The van der Waals surface area contributed by atoms with E-state index < -0.39 is 36.2 Å². The van der Waals surface area contributed by atoms with Crippen LogP contribution in [-0.2, 0) is 23.9 Å². The Morgan fingerprint density at radius 2 is 1.97 bits per heavy atom. The van der Waals surface area contributed by atoms with Gasteiger partial charge in [-0.05, 0) is 27.7 Å². The molecule has 0 radical (unpaired) electrons. The van der Waals surface area contributed by atoms with E-state index in [-0.39, 0.29) is 45.8 Å². The summed E-state index contributed by atoms with van der Waals surface area (Å²) in [7, 11) is 0. The minimum atomic E-state index is -0.799. The van der Waals surface area contributed by atoms with Gasteiger partial charge in [0.25, 0.3) is 0 Å². The lowest BCUT2D eigenvalue weighted by molar-refractivity contribution is -0.175. The van der Waals surface area contributed by atoms with Crippen LogP contribution in [0.25, 0.3) is 0 Å². The van der Waals surface area contributed by atoms with Gasteiger partial charge in [-0.1, -0.05) is 18.7 Å². The van der Waals surface area contributed by atoms with Gasteiger partial charge >= 0.3 is 11.9 Å². The second-order valence-electron chi connectivity index (χ2n) is 9.86. The highest BCUT2D eigenvalue weighted by Gasteiger charge is 2.60. The summed E-state index contributed by atoms with van der Waals surface area (Å²) in [6.45, 7) is 10.7. The van der Waals surface area contributed by atoms with E-state index in [1.807, 2.05) is 6.92 Å². The summed E-state index contributed by atoms with van der Waals surface area (Å²) in [4.78, 5) is 46.8. The quantitative estimate of drug-likeness (QED) is 0.289. The van der Waals surface area contributed by atoms with Crippen LogP contribution in [0.15, 0.2) is 15.6 Å². The molecule has 2 saturated heterocycles. The Kier molecular flexibility index (Phi) is 8.36. The Hall–Kier alpha value is -1.24. The predicted octanol–water partition coefficient (Wildman–Crippen LogP) is 2.24. The number of likely N-dealkylation sites (tertiary alicyclic amines) is 1. The first kappa shape index (κ1) is 27.3. The summed E-state index contributed by atoms with van der Waals surface area (Å²) < 4.78 is 10.3. The SMILES string of the molecule is Br.C[C@@H](O)[C@H]1C(=O)N2C(C(=O)OCOC(=O)C(C)(C)C)=C(SC3CN(C4=NCCS4)C3)[C@H](C)[C@H]12. The van der Waals surface area contributed by atoms with Crippen molar-refractivity contribution < 1.29 is 29.0 Å². The highest BCUT2D eigenvalue weighted by atomic mass is 79.9. The van der Waals surface area contributed by atoms with E-state index in [0.717, 1.165) is 35.5 Å². The average Bonchev–Trinajstić information content (AvgIpc) is 3.29. The zero-order valence-electron chi connectivity index (χ0n) is 20.0. The number of β-lactam (4-membered cyclic amide) rings is 1. The molecule has 0 aromatic heterocycles. The number of amidine groups is 1. The number of aliphatic hydroxyl groups is 1. The number of hydrogen-bond donors (Lipinski definition) is 1. The normalized spacial score (nSPS) is 27.4. The van der Waals surface area contributed by atoms with Gasteiger partial charge in [0.05, 0.1) is 30.0 Å². The Morgan fingerprint density at radius 3 is 2.53 bits per heavy atom. The topological polar surface area (TPSA) is 109 Å². The number of esters is 2. The maximum atomic E-state index is 13.0. The fourth-order valence-corrected chi connectivity index (χ4v) is 6.85. The molecule has 4 atom stereocenters. The highest BCUT2D eigenvalue weighted by Crippen LogP contribution is 2.52. The molecule has 0 saturated carbocycles. The van der Waals surface area contributed by atoms with E-state index in [1.54, 1.807) is 51.2 Å². The fraction of sp³-hybridized carbons (Fsp3) is 0.727. The molecule has 0 spiro atoms. The van der Waals surface area contributed by atoms with Crippen molar-refractivity contribution >= 4 is 63.5 Å². The van der Waals surface area contributed by atoms with Crippen LogP contribution in [0.2, 0.25) is 0 Å². The largest absolute Gasteiger partial charge is 0.427 e. The van der Waals surface area contributed by atoms with E-state index >= 15 is 0 Å². The van der Waals surface area contributed by atoms with E-state index in [2.05, 4.69) is 9.89 Å². The molecule has 0 aliphatic carbocycles. The van der Waals surface area contributed by atoms with Crippen LogP contribution >= 0.6 is 40.5 Å². The number of hydrogen-bond acceptors (Lipinski definition) is 10. The number of ether oxygens (including phenoxy) is 2. The number of carbonyl (C=O) groups excluding carboxylic acids is 3. The molecular weight excluding hydrogens is 546 g/mol. The van der Waals surface area contributed by atoms with Gasteiger partial charge in [-0.3, -0.25) is 14.6 Å². The maximum absolute atomic E-state index is 13.0. The number of amides is 1.